The van der Waals surface area contributed by atoms with Gasteiger partial charge in [0.2, 0.25) is 0 Å². The monoisotopic (exact) mass is 396 g/mol. The summed E-state index contributed by atoms with van der Waals surface area (Å²) in [4.78, 5) is 36.5. The summed E-state index contributed by atoms with van der Waals surface area (Å²) >= 11 is 3.01. The summed E-state index contributed by atoms with van der Waals surface area (Å²) in [5.41, 5.74) is -0.509. The Morgan fingerprint density at radius 1 is 1.12 bits per heavy atom. The molecule has 1 aliphatic rings. The van der Waals surface area contributed by atoms with Gasteiger partial charge in [0.15, 0.2) is 5.13 Å². The molecule has 0 spiro atoms. The zero-order valence-corrected chi connectivity index (χ0v) is 17.4. The van der Waals surface area contributed by atoms with Crippen molar-refractivity contribution in [3.05, 3.63) is 10.9 Å². The van der Waals surface area contributed by atoms with Crippen LogP contribution < -0.4 is 4.90 Å². The van der Waals surface area contributed by atoms with Crippen LogP contribution in [0, 0.1) is 0 Å². The zero-order chi connectivity index (χ0) is 19.1. The van der Waals surface area contributed by atoms with E-state index in [2.05, 4.69) is 4.98 Å². The third-order valence-electron chi connectivity index (χ3n) is 3.89. The van der Waals surface area contributed by atoms with Gasteiger partial charge in [-0.15, -0.1) is 11.3 Å². The molecular weight excluding hydrogens is 372 g/mol. The molecule has 0 N–H and O–H groups in total. The number of hydrogen-bond donors (Lipinski definition) is 0. The molecule has 0 saturated carbocycles. The van der Waals surface area contributed by atoms with E-state index in [1.807, 2.05) is 45.8 Å². The number of hydrogen-bond acceptors (Lipinski definition) is 7. The fourth-order valence-electron chi connectivity index (χ4n) is 2.59. The van der Waals surface area contributed by atoms with Crippen molar-refractivity contribution >= 4 is 49.3 Å². The van der Waals surface area contributed by atoms with Crippen LogP contribution in [0.25, 0.3) is 9.53 Å². The van der Waals surface area contributed by atoms with Gasteiger partial charge in [-0.05, 0) is 26.8 Å². The van der Waals surface area contributed by atoms with E-state index in [0.29, 0.717) is 31.1 Å². The second-order valence-corrected chi connectivity index (χ2v) is 9.47. The van der Waals surface area contributed by atoms with Crippen LogP contribution in [0.15, 0.2) is 6.07 Å². The van der Waals surface area contributed by atoms with Crippen molar-refractivity contribution in [1.82, 2.24) is 14.8 Å². The van der Waals surface area contributed by atoms with Crippen molar-refractivity contribution < 1.29 is 14.3 Å². The summed E-state index contributed by atoms with van der Waals surface area (Å²) in [7, 11) is 3.91. The van der Waals surface area contributed by atoms with Crippen molar-refractivity contribution in [1.29, 1.82) is 0 Å². The number of fused-ring (bicyclic) bond motifs is 1. The third-order valence-corrected chi connectivity index (χ3v) is 6.21. The molecule has 26 heavy (non-hydrogen) atoms. The van der Waals surface area contributed by atoms with Crippen LogP contribution in [0.3, 0.4) is 0 Å². The molecule has 9 heteroatoms. The van der Waals surface area contributed by atoms with Gasteiger partial charge < -0.3 is 19.4 Å². The molecule has 2 aromatic rings. The SMILES string of the molecule is CN(C)c1nc2sc(C(=O)N3CCN(C(=O)OC(C)(C)C)CC3)cc2s1. The van der Waals surface area contributed by atoms with Crippen LogP contribution in [0.1, 0.15) is 30.4 Å². The first-order valence-electron chi connectivity index (χ1n) is 8.49. The quantitative estimate of drug-likeness (QED) is 0.780. The molecule has 0 atom stereocenters. The van der Waals surface area contributed by atoms with Gasteiger partial charge in [0.1, 0.15) is 10.4 Å². The first-order chi connectivity index (χ1) is 12.1. The minimum atomic E-state index is -0.509. The molecule has 2 amide bonds. The van der Waals surface area contributed by atoms with Crippen molar-refractivity contribution in [2.75, 3.05) is 45.2 Å². The van der Waals surface area contributed by atoms with Crippen LogP contribution in [0.4, 0.5) is 9.93 Å². The summed E-state index contributed by atoms with van der Waals surface area (Å²) in [5, 5.41) is 0.941. The van der Waals surface area contributed by atoms with Gasteiger partial charge in [0.05, 0.1) is 9.58 Å². The molecule has 2 aromatic heterocycles. The maximum Gasteiger partial charge on any atom is 0.410 e. The van der Waals surface area contributed by atoms with Crippen LogP contribution in [-0.2, 0) is 4.74 Å². The molecule has 0 radical (unpaired) electrons. The number of carbonyl (C=O) groups excluding carboxylic acids is 2. The lowest BCUT2D eigenvalue weighted by molar-refractivity contribution is 0.0141. The van der Waals surface area contributed by atoms with E-state index in [9.17, 15) is 9.59 Å². The van der Waals surface area contributed by atoms with Gasteiger partial charge in [0, 0.05) is 40.3 Å². The Labute approximate surface area is 161 Å². The zero-order valence-electron chi connectivity index (χ0n) is 15.7. The maximum absolute atomic E-state index is 12.8. The Morgan fingerprint density at radius 3 is 2.27 bits per heavy atom. The molecule has 7 nitrogen and oxygen atoms in total. The Kier molecular flexibility index (Phi) is 5.12. The predicted molar refractivity (Wildman–Crippen MR) is 106 cm³/mol. The largest absolute Gasteiger partial charge is 0.444 e. The average Bonchev–Trinajstić information content (AvgIpc) is 3.11. The molecule has 0 bridgehead atoms. The number of piperazine rings is 1. The second-order valence-electron chi connectivity index (χ2n) is 7.43. The average molecular weight is 397 g/mol. The maximum atomic E-state index is 12.8. The predicted octanol–water partition coefficient (Wildman–Crippen LogP) is 3.12. The van der Waals surface area contributed by atoms with E-state index >= 15 is 0 Å². The molecule has 3 rings (SSSR count). The molecule has 142 valence electrons. The standard InChI is InChI=1S/C17H24N4O3S2/c1-17(2,3)24-16(23)21-8-6-20(7-9-21)14(22)12-10-11-13(25-12)18-15(26-11)19(4)5/h10H,6-9H2,1-5H3. The minimum Gasteiger partial charge on any atom is -0.444 e. The van der Waals surface area contributed by atoms with Crippen molar-refractivity contribution in [2.24, 2.45) is 0 Å². The minimum absolute atomic E-state index is 0.00967. The van der Waals surface area contributed by atoms with Crippen molar-refractivity contribution in [3.63, 3.8) is 0 Å². The van der Waals surface area contributed by atoms with Gasteiger partial charge in [-0.1, -0.05) is 11.3 Å². The molecule has 3 heterocycles. The Bertz CT molecular complexity index is 782. The first-order valence-corrected chi connectivity index (χ1v) is 10.1. The summed E-state index contributed by atoms with van der Waals surface area (Å²) in [6, 6.07) is 1.92. The molecule has 0 aromatic carbocycles. The number of thiophene rings is 1. The smallest absolute Gasteiger partial charge is 0.410 e. The third kappa shape index (κ3) is 4.09. The van der Waals surface area contributed by atoms with E-state index < -0.39 is 5.60 Å². The number of aromatic nitrogens is 1. The summed E-state index contributed by atoms with van der Waals surface area (Å²) in [5.74, 6) is 0.00967. The van der Waals surface area contributed by atoms with E-state index in [4.69, 9.17) is 4.74 Å². The Balaban J connectivity index is 1.61. The highest BCUT2D eigenvalue weighted by atomic mass is 32.1. The van der Waals surface area contributed by atoms with E-state index in [1.165, 1.54) is 11.3 Å². The lowest BCUT2D eigenvalue weighted by Crippen LogP contribution is -2.51. The molecular formula is C17H24N4O3S2. The summed E-state index contributed by atoms with van der Waals surface area (Å²) in [6.45, 7) is 7.56. The molecule has 1 saturated heterocycles. The molecule has 0 unspecified atom stereocenters. The second kappa shape index (κ2) is 7.03. The van der Waals surface area contributed by atoms with Crippen LogP contribution in [0.2, 0.25) is 0 Å². The lowest BCUT2D eigenvalue weighted by Gasteiger charge is -2.35. The number of anilines is 1. The summed E-state index contributed by atoms with van der Waals surface area (Å²) in [6.07, 6.45) is -0.318. The van der Waals surface area contributed by atoms with Crippen molar-refractivity contribution in [3.8, 4) is 0 Å². The van der Waals surface area contributed by atoms with E-state index in [0.717, 1.165) is 14.7 Å². The van der Waals surface area contributed by atoms with Crippen LogP contribution >= 0.6 is 22.7 Å². The Morgan fingerprint density at radius 2 is 1.73 bits per heavy atom. The summed E-state index contributed by atoms with van der Waals surface area (Å²) < 4.78 is 6.43. The number of thiazole rings is 1. The normalized spacial score (nSPS) is 15.4. The topological polar surface area (TPSA) is 66.0 Å². The van der Waals surface area contributed by atoms with Crippen LogP contribution in [-0.4, -0.2) is 72.7 Å². The highest BCUT2D eigenvalue weighted by Crippen LogP contribution is 2.34. The number of nitrogens with zero attached hydrogens (tertiary/aromatic N) is 4. The van der Waals surface area contributed by atoms with Gasteiger partial charge in [0.25, 0.3) is 5.91 Å². The van der Waals surface area contributed by atoms with E-state index in [-0.39, 0.29) is 12.0 Å². The van der Waals surface area contributed by atoms with Crippen LogP contribution in [0.5, 0.6) is 0 Å². The van der Waals surface area contributed by atoms with Gasteiger partial charge >= 0.3 is 6.09 Å². The Hall–Kier alpha value is -1.87. The lowest BCUT2D eigenvalue weighted by atomic mass is 10.2. The van der Waals surface area contributed by atoms with Gasteiger partial charge in [-0.3, -0.25) is 4.79 Å². The highest BCUT2D eigenvalue weighted by Gasteiger charge is 2.29. The fourth-order valence-corrected chi connectivity index (χ4v) is 4.70. The van der Waals surface area contributed by atoms with Crippen molar-refractivity contribution in [2.45, 2.75) is 26.4 Å². The number of ether oxygens (including phenoxy) is 1. The highest BCUT2D eigenvalue weighted by molar-refractivity contribution is 7.29. The van der Waals surface area contributed by atoms with Gasteiger partial charge in [-0.25, -0.2) is 9.78 Å². The molecule has 1 aliphatic heterocycles. The number of carbonyl (C=O) groups is 2. The first kappa shape index (κ1) is 18.9. The molecule has 0 aliphatic carbocycles. The van der Waals surface area contributed by atoms with E-state index in [1.54, 1.807) is 21.1 Å². The number of amides is 2. The number of rotatable bonds is 2. The molecule has 1 fully saturated rings. The fraction of sp³-hybridized carbons (Fsp3) is 0.588. The van der Waals surface area contributed by atoms with Gasteiger partial charge in [-0.2, -0.15) is 0 Å².